The lowest BCUT2D eigenvalue weighted by Crippen LogP contribution is -2.20. The van der Waals surface area contributed by atoms with E-state index in [2.05, 4.69) is 29.8 Å². The Labute approximate surface area is 108 Å². The molecule has 4 heteroatoms. The number of sulfone groups is 1. The Balaban J connectivity index is 2.49. The van der Waals surface area contributed by atoms with Crippen molar-refractivity contribution in [1.29, 1.82) is 0 Å². The first-order valence-corrected chi connectivity index (χ1v) is 9.19. The molecule has 0 saturated carbocycles. The van der Waals surface area contributed by atoms with Gasteiger partial charge >= 0.3 is 0 Å². The zero-order valence-electron chi connectivity index (χ0n) is 10.3. The third kappa shape index (κ3) is 4.36. The fraction of sp³-hybridized carbons (Fsp3) is 1.00. The fourth-order valence-corrected chi connectivity index (χ4v) is 5.42. The molecule has 1 aliphatic rings. The van der Waals surface area contributed by atoms with Gasteiger partial charge in [-0.1, -0.05) is 42.6 Å². The Bertz CT molecular complexity index is 300. The van der Waals surface area contributed by atoms with Crippen molar-refractivity contribution in [3.05, 3.63) is 0 Å². The largest absolute Gasteiger partial charge is 0.229 e. The van der Waals surface area contributed by atoms with Crippen molar-refractivity contribution in [3.8, 4) is 0 Å². The number of halogens is 1. The fourth-order valence-electron chi connectivity index (χ4n) is 2.70. The highest BCUT2D eigenvalue weighted by molar-refractivity contribution is 9.09. The van der Waals surface area contributed by atoms with Crippen molar-refractivity contribution in [3.63, 3.8) is 0 Å². The van der Waals surface area contributed by atoms with Gasteiger partial charge in [0.2, 0.25) is 0 Å². The van der Waals surface area contributed by atoms with Gasteiger partial charge in [0, 0.05) is 5.33 Å². The molecule has 1 rings (SSSR count). The second kappa shape index (κ2) is 6.39. The second-order valence-corrected chi connectivity index (χ2v) is 8.08. The molecule has 2 nitrogen and oxygen atoms in total. The molecular weight excluding hydrogens is 288 g/mol. The molecule has 0 aromatic heterocycles. The highest BCUT2D eigenvalue weighted by Gasteiger charge is 2.33. The minimum absolute atomic E-state index is 0.392. The quantitative estimate of drug-likeness (QED) is 0.706. The van der Waals surface area contributed by atoms with Crippen LogP contribution in [0.4, 0.5) is 0 Å². The van der Waals surface area contributed by atoms with Gasteiger partial charge in [0.1, 0.15) is 0 Å². The van der Waals surface area contributed by atoms with Crippen molar-refractivity contribution < 1.29 is 8.42 Å². The average molecular weight is 311 g/mol. The Hall–Kier alpha value is 0.430. The summed E-state index contributed by atoms with van der Waals surface area (Å²) in [5.41, 5.74) is 0. The summed E-state index contributed by atoms with van der Waals surface area (Å²) in [6.07, 6.45) is 4.51. The third-order valence-electron chi connectivity index (χ3n) is 3.62. The van der Waals surface area contributed by atoms with Gasteiger partial charge in [-0.2, -0.15) is 0 Å². The average Bonchev–Trinajstić information content (AvgIpc) is 2.55. The predicted molar refractivity (Wildman–Crippen MR) is 72.7 cm³/mol. The number of alkyl halides is 1. The van der Waals surface area contributed by atoms with Crippen molar-refractivity contribution in [2.75, 3.05) is 16.8 Å². The van der Waals surface area contributed by atoms with Crippen LogP contribution in [0, 0.1) is 17.8 Å². The van der Waals surface area contributed by atoms with Crippen LogP contribution >= 0.6 is 15.9 Å². The van der Waals surface area contributed by atoms with E-state index in [-0.39, 0.29) is 0 Å². The number of rotatable bonds is 6. The Morgan fingerprint density at radius 2 is 2.12 bits per heavy atom. The van der Waals surface area contributed by atoms with Gasteiger partial charge < -0.3 is 0 Å². The van der Waals surface area contributed by atoms with E-state index >= 15 is 0 Å². The topological polar surface area (TPSA) is 34.1 Å². The van der Waals surface area contributed by atoms with Gasteiger partial charge in [-0.25, -0.2) is 8.42 Å². The van der Waals surface area contributed by atoms with E-state index in [9.17, 15) is 8.42 Å². The van der Waals surface area contributed by atoms with E-state index in [1.165, 1.54) is 19.3 Å². The molecule has 0 aliphatic carbocycles. The molecule has 3 atom stereocenters. The maximum Gasteiger partial charge on any atom is 0.150 e. The molecule has 1 aliphatic heterocycles. The standard InChI is InChI=1S/C12H23BrO2S/c1-3-4-10(2)7-12(8-13)11-5-6-16(14,15)9-11/h10-12H,3-9H2,1-2H3. The molecule has 1 fully saturated rings. The molecule has 0 N–H and O–H groups in total. The van der Waals surface area contributed by atoms with Gasteiger partial charge in [-0.15, -0.1) is 0 Å². The van der Waals surface area contributed by atoms with Gasteiger partial charge in [0.25, 0.3) is 0 Å². The van der Waals surface area contributed by atoms with Crippen molar-refractivity contribution in [2.45, 2.75) is 39.5 Å². The molecule has 3 unspecified atom stereocenters. The van der Waals surface area contributed by atoms with Crippen LogP contribution in [0.2, 0.25) is 0 Å². The molecule has 0 amide bonds. The molecule has 96 valence electrons. The van der Waals surface area contributed by atoms with Gasteiger partial charge in [0.05, 0.1) is 11.5 Å². The first-order chi connectivity index (χ1) is 7.48. The zero-order valence-corrected chi connectivity index (χ0v) is 12.7. The van der Waals surface area contributed by atoms with Gasteiger partial charge in [0.15, 0.2) is 9.84 Å². The third-order valence-corrected chi connectivity index (χ3v) is 6.24. The molecule has 0 aromatic rings. The van der Waals surface area contributed by atoms with Crippen LogP contribution in [0.5, 0.6) is 0 Å². The van der Waals surface area contributed by atoms with Gasteiger partial charge in [-0.05, 0) is 30.6 Å². The molecular formula is C12H23BrO2S. The van der Waals surface area contributed by atoms with Crippen LogP contribution in [0.25, 0.3) is 0 Å². The molecule has 0 bridgehead atoms. The van der Waals surface area contributed by atoms with Gasteiger partial charge in [-0.3, -0.25) is 0 Å². The van der Waals surface area contributed by atoms with E-state index in [0.717, 1.165) is 17.7 Å². The Morgan fingerprint density at radius 3 is 2.56 bits per heavy atom. The Kier molecular flexibility index (Phi) is 5.78. The summed E-state index contributed by atoms with van der Waals surface area (Å²) in [6.45, 7) is 4.49. The molecule has 0 spiro atoms. The maximum atomic E-state index is 11.5. The monoisotopic (exact) mass is 310 g/mol. The smallest absolute Gasteiger partial charge is 0.150 e. The SMILES string of the molecule is CCCC(C)CC(CBr)C1CCS(=O)(=O)C1. The predicted octanol–water partition coefficient (Wildman–Crippen LogP) is 3.26. The summed E-state index contributed by atoms with van der Waals surface area (Å²) in [6, 6.07) is 0. The molecule has 1 heterocycles. The first kappa shape index (κ1) is 14.5. The Morgan fingerprint density at radius 1 is 1.44 bits per heavy atom. The lowest BCUT2D eigenvalue weighted by molar-refractivity contribution is 0.314. The maximum absolute atomic E-state index is 11.5. The highest BCUT2D eigenvalue weighted by atomic mass is 79.9. The molecule has 1 saturated heterocycles. The summed E-state index contributed by atoms with van der Waals surface area (Å²) in [5, 5.41) is 0.946. The van der Waals surface area contributed by atoms with Crippen LogP contribution in [0.15, 0.2) is 0 Å². The van der Waals surface area contributed by atoms with Crippen LogP contribution in [-0.4, -0.2) is 25.3 Å². The lowest BCUT2D eigenvalue weighted by atomic mass is 9.84. The van der Waals surface area contributed by atoms with Crippen LogP contribution in [0.1, 0.15) is 39.5 Å². The van der Waals surface area contributed by atoms with Crippen molar-refractivity contribution >= 4 is 25.8 Å². The van der Waals surface area contributed by atoms with E-state index in [1.807, 2.05) is 0 Å². The molecule has 0 aromatic carbocycles. The van der Waals surface area contributed by atoms with E-state index in [1.54, 1.807) is 0 Å². The van der Waals surface area contributed by atoms with E-state index in [4.69, 9.17) is 0 Å². The molecule has 0 radical (unpaired) electrons. The number of hydrogen-bond donors (Lipinski definition) is 0. The number of hydrogen-bond acceptors (Lipinski definition) is 2. The highest BCUT2D eigenvalue weighted by Crippen LogP contribution is 2.32. The van der Waals surface area contributed by atoms with Crippen molar-refractivity contribution in [2.24, 2.45) is 17.8 Å². The van der Waals surface area contributed by atoms with Crippen molar-refractivity contribution in [1.82, 2.24) is 0 Å². The van der Waals surface area contributed by atoms with Crippen LogP contribution < -0.4 is 0 Å². The minimum Gasteiger partial charge on any atom is -0.229 e. The summed E-state index contributed by atoms with van der Waals surface area (Å²) < 4.78 is 22.9. The minimum atomic E-state index is -2.72. The summed E-state index contributed by atoms with van der Waals surface area (Å²) >= 11 is 3.55. The van der Waals surface area contributed by atoms with Crippen LogP contribution in [0.3, 0.4) is 0 Å². The van der Waals surface area contributed by atoms with E-state index < -0.39 is 9.84 Å². The molecule has 16 heavy (non-hydrogen) atoms. The normalized spacial score (nSPS) is 27.8. The second-order valence-electron chi connectivity index (χ2n) is 5.21. The zero-order chi connectivity index (χ0) is 12.2. The van der Waals surface area contributed by atoms with E-state index in [0.29, 0.717) is 23.3 Å². The first-order valence-electron chi connectivity index (χ1n) is 6.25. The summed E-state index contributed by atoms with van der Waals surface area (Å²) in [5.74, 6) is 2.48. The van der Waals surface area contributed by atoms with Crippen LogP contribution in [-0.2, 0) is 9.84 Å². The summed E-state index contributed by atoms with van der Waals surface area (Å²) in [4.78, 5) is 0. The summed E-state index contributed by atoms with van der Waals surface area (Å²) in [7, 11) is -2.72. The lowest BCUT2D eigenvalue weighted by Gasteiger charge is -2.23.